The van der Waals surface area contributed by atoms with Gasteiger partial charge >= 0.3 is 11.9 Å². The van der Waals surface area contributed by atoms with Crippen molar-refractivity contribution in [3.63, 3.8) is 0 Å². The van der Waals surface area contributed by atoms with Crippen LogP contribution in [0.3, 0.4) is 0 Å². The lowest BCUT2D eigenvalue weighted by Crippen LogP contribution is -2.12. The maximum atomic E-state index is 11.7. The van der Waals surface area contributed by atoms with Gasteiger partial charge in [-0.3, -0.25) is 9.59 Å². The van der Waals surface area contributed by atoms with Crippen molar-refractivity contribution in [1.82, 2.24) is 0 Å². The van der Waals surface area contributed by atoms with E-state index in [-0.39, 0.29) is 11.9 Å². The summed E-state index contributed by atoms with van der Waals surface area (Å²) in [5.41, 5.74) is 0. The standard InChI is InChI=1S/C23H44O4/c1-5-20(6-2)18-26-22(24)16-14-12-10-9-11-13-15-17-23(25)27-19-21(7-3)8-4/h20-21H,5-19H2,1-4H3. The van der Waals surface area contributed by atoms with Crippen LogP contribution < -0.4 is 0 Å². The Morgan fingerprint density at radius 2 is 0.852 bits per heavy atom. The van der Waals surface area contributed by atoms with Crippen molar-refractivity contribution in [3.05, 3.63) is 0 Å². The Kier molecular flexibility index (Phi) is 17.6. The maximum Gasteiger partial charge on any atom is 0.305 e. The Morgan fingerprint density at radius 1 is 0.556 bits per heavy atom. The van der Waals surface area contributed by atoms with Crippen molar-refractivity contribution in [2.24, 2.45) is 11.8 Å². The fourth-order valence-corrected chi connectivity index (χ4v) is 3.04. The van der Waals surface area contributed by atoms with Gasteiger partial charge in [-0.2, -0.15) is 0 Å². The first-order valence-electron chi connectivity index (χ1n) is 11.4. The van der Waals surface area contributed by atoms with Gasteiger partial charge in [0.05, 0.1) is 13.2 Å². The largest absolute Gasteiger partial charge is 0.465 e. The van der Waals surface area contributed by atoms with Crippen LogP contribution in [0, 0.1) is 11.8 Å². The molecule has 0 saturated heterocycles. The van der Waals surface area contributed by atoms with Crippen molar-refractivity contribution < 1.29 is 19.1 Å². The fraction of sp³-hybridized carbons (Fsp3) is 0.913. The Hall–Kier alpha value is -1.06. The van der Waals surface area contributed by atoms with Gasteiger partial charge < -0.3 is 9.47 Å². The Labute approximate surface area is 167 Å². The first kappa shape index (κ1) is 25.9. The van der Waals surface area contributed by atoms with E-state index in [0.29, 0.717) is 37.9 Å². The second kappa shape index (κ2) is 18.3. The molecule has 0 rings (SSSR count). The number of carbonyl (C=O) groups is 2. The van der Waals surface area contributed by atoms with Crippen LogP contribution in [0.1, 0.15) is 111 Å². The van der Waals surface area contributed by atoms with E-state index < -0.39 is 0 Å². The van der Waals surface area contributed by atoms with Crippen LogP contribution in [0.15, 0.2) is 0 Å². The first-order valence-corrected chi connectivity index (χ1v) is 11.4. The molecule has 0 bridgehead atoms. The Morgan fingerprint density at radius 3 is 1.15 bits per heavy atom. The lowest BCUT2D eigenvalue weighted by atomic mass is 10.1. The molecule has 0 aliphatic rings. The van der Waals surface area contributed by atoms with Crippen LogP contribution >= 0.6 is 0 Å². The molecule has 0 amide bonds. The van der Waals surface area contributed by atoms with Crippen LogP contribution in [0.25, 0.3) is 0 Å². The van der Waals surface area contributed by atoms with Gasteiger partial charge in [-0.05, 0) is 24.7 Å². The van der Waals surface area contributed by atoms with Crippen molar-refractivity contribution in [3.8, 4) is 0 Å². The molecule has 0 aromatic carbocycles. The van der Waals surface area contributed by atoms with Crippen LogP contribution in [0.2, 0.25) is 0 Å². The molecule has 4 heteroatoms. The summed E-state index contributed by atoms with van der Waals surface area (Å²) in [5, 5.41) is 0. The highest BCUT2D eigenvalue weighted by atomic mass is 16.5. The van der Waals surface area contributed by atoms with E-state index in [1.54, 1.807) is 0 Å². The molecule has 4 nitrogen and oxygen atoms in total. The fourth-order valence-electron chi connectivity index (χ4n) is 3.04. The van der Waals surface area contributed by atoms with Crippen molar-refractivity contribution in [2.45, 2.75) is 111 Å². The summed E-state index contributed by atoms with van der Waals surface area (Å²) in [6, 6.07) is 0. The molecule has 0 unspecified atom stereocenters. The lowest BCUT2D eigenvalue weighted by Gasteiger charge is -2.12. The predicted molar refractivity (Wildman–Crippen MR) is 112 cm³/mol. The monoisotopic (exact) mass is 384 g/mol. The van der Waals surface area contributed by atoms with E-state index in [0.717, 1.165) is 64.2 Å². The van der Waals surface area contributed by atoms with Gasteiger partial charge in [0.2, 0.25) is 0 Å². The third kappa shape index (κ3) is 15.7. The molecule has 0 aliphatic carbocycles. The Bertz CT molecular complexity index is 325. The summed E-state index contributed by atoms with van der Waals surface area (Å²) in [5.74, 6) is 0.916. The van der Waals surface area contributed by atoms with Crippen LogP contribution in [0.5, 0.6) is 0 Å². The molecule has 160 valence electrons. The number of hydrogen-bond acceptors (Lipinski definition) is 4. The molecule has 0 aromatic rings. The molecule has 0 atom stereocenters. The third-order valence-electron chi connectivity index (χ3n) is 5.53. The minimum atomic E-state index is -0.0474. The third-order valence-corrected chi connectivity index (χ3v) is 5.53. The van der Waals surface area contributed by atoms with Gasteiger partial charge in [-0.15, -0.1) is 0 Å². The van der Waals surface area contributed by atoms with E-state index in [2.05, 4.69) is 27.7 Å². The molecule has 0 saturated carbocycles. The first-order chi connectivity index (χ1) is 13.1. The van der Waals surface area contributed by atoms with Gasteiger partial charge in [-0.1, -0.05) is 85.5 Å². The number of esters is 2. The average Bonchev–Trinajstić information content (AvgIpc) is 2.68. The number of ether oxygens (including phenoxy) is 2. The second-order valence-electron chi connectivity index (χ2n) is 7.71. The van der Waals surface area contributed by atoms with Crippen molar-refractivity contribution in [1.29, 1.82) is 0 Å². The normalized spacial score (nSPS) is 11.2. The molecular formula is C23H44O4. The quantitative estimate of drug-likeness (QED) is 0.201. The van der Waals surface area contributed by atoms with Gasteiger partial charge in [0.1, 0.15) is 0 Å². The second-order valence-corrected chi connectivity index (χ2v) is 7.71. The average molecular weight is 385 g/mol. The van der Waals surface area contributed by atoms with Crippen LogP contribution in [-0.4, -0.2) is 25.2 Å². The molecule has 0 heterocycles. The minimum absolute atomic E-state index is 0.0474. The zero-order chi connectivity index (χ0) is 20.3. The molecule has 0 fully saturated rings. The van der Waals surface area contributed by atoms with Gasteiger partial charge in [0.15, 0.2) is 0 Å². The predicted octanol–water partition coefficient (Wildman–Crippen LogP) is 6.46. The number of hydrogen-bond donors (Lipinski definition) is 0. The topological polar surface area (TPSA) is 52.6 Å². The summed E-state index contributed by atoms with van der Waals surface area (Å²) in [4.78, 5) is 23.4. The SMILES string of the molecule is CCC(CC)COC(=O)CCCCCCCCCC(=O)OCC(CC)CC. The van der Waals surface area contributed by atoms with Gasteiger partial charge in [0.25, 0.3) is 0 Å². The highest BCUT2D eigenvalue weighted by Gasteiger charge is 2.09. The minimum Gasteiger partial charge on any atom is -0.465 e. The molecule has 0 spiro atoms. The van der Waals surface area contributed by atoms with E-state index >= 15 is 0 Å². The number of rotatable bonds is 18. The summed E-state index contributed by atoms with van der Waals surface area (Å²) in [6.07, 6.45) is 12.8. The number of carbonyl (C=O) groups excluding carboxylic acids is 2. The molecule has 0 radical (unpaired) electrons. The van der Waals surface area contributed by atoms with E-state index in [1.165, 1.54) is 6.42 Å². The zero-order valence-corrected chi connectivity index (χ0v) is 18.4. The summed E-state index contributed by atoms with van der Waals surface area (Å²) < 4.78 is 10.7. The van der Waals surface area contributed by atoms with Crippen molar-refractivity contribution >= 4 is 11.9 Å². The zero-order valence-electron chi connectivity index (χ0n) is 18.4. The Balaban J connectivity index is 3.42. The van der Waals surface area contributed by atoms with E-state index in [1.807, 2.05) is 0 Å². The highest BCUT2D eigenvalue weighted by molar-refractivity contribution is 5.69. The van der Waals surface area contributed by atoms with E-state index in [4.69, 9.17) is 9.47 Å². The maximum absolute atomic E-state index is 11.7. The summed E-state index contributed by atoms with van der Waals surface area (Å²) in [6.45, 7) is 9.70. The lowest BCUT2D eigenvalue weighted by molar-refractivity contribution is -0.146. The smallest absolute Gasteiger partial charge is 0.305 e. The molecule has 27 heavy (non-hydrogen) atoms. The van der Waals surface area contributed by atoms with E-state index in [9.17, 15) is 9.59 Å². The summed E-state index contributed by atoms with van der Waals surface area (Å²) >= 11 is 0. The van der Waals surface area contributed by atoms with Gasteiger partial charge in [-0.25, -0.2) is 0 Å². The summed E-state index contributed by atoms with van der Waals surface area (Å²) in [7, 11) is 0. The number of unbranched alkanes of at least 4 members (excludes halogenated alkanes) is 6. The molecule has 0 aromatic heterocycles. The van der Waals surface area contributed by atoms with Gasteiger partial charge in [0, 0.05) is 12.8 Å². The van der Waals surface area contributed by atoms with Crippen LogP contribution in [0.4, 0.5) is 0 Å². The molecule has 0 N–H and O–H groups in total. The molecule has 0 aliphatic heterocycles. The molecular weight excluding hydrogens is 340 g/mol. The van der Waals surface area contributed by atoms with Crippen molar-refractivity contribution in [2.75, 3.05) is 13.2 Å². The van der Waals surface area contributed by atoms with Crippen LogP contribution in [-0.2, 0) is 19.1 Å². The highest BCUT2D eigenvalue weighted by Crippen LogP contribution is 2.13.